The molecule has 0 radical (unpaired) electrons. The van der Waals surface area contributed by atoms with Crippen LogP contribution in [0.2, 0.25) is 0 Å². The van der Waals surface area contributed by atoms with Gasteiger partial charge in [-0.3, -0.25) is 9.59 Å². The van der Waals surface area contributed by atoms with E-state index in [0.717, 1.165) is 32.4 Å². The zero-order valence-corrected chi connectivity index (χ0v) is 16.4. The van der Waals surface area contributed by atoms with E-state index in [-0.39, 0.29) is 12.5 Å². The van der Waals surface area contributed by atoms with E-state index in [4.69, 9.17) is 9.47 Å². The van der Waals surface area contributed by atoms with Gasteiger partial charge < -0.3 is 19.7 Å². The van der Waals surface area contributed by atoms with E-state index in [0.29, 0.717) is 29.4 Å². The van der Waals surface area contributed by atoms with E-state index in [1.54, 1.807) is 24.3 Å². The third-order valence-corrected chi connectivity index (χ3v) is 4.65. The molecule has 154 valence electrons. The Kier molecular flexibility index (Phi) is 7.05. The lowest BCUT2D eigenvalue weighted by molar-refractivity contribution is -0.134. The minimum atomic E-state index is -0.431. The first-order valence-electron chi connectivity index (χ1n) is 9.81. The minimum Gasteiger partial charge on any atom is -0.490 e. The van der Waals surface area contributed by atoms with Gasteiger partial charge in [0.05, 0.1) is 6.61 Å². The lowest BCUT2D eigenvalue weighted by atomic mass is 10.1. The Morgan fingerprint density at radius 2 is 1.83 bits per heavy atom. The number of carbonyl (C=O) groups is 2. The number of hydrogen-bond acceptors (Lipinski definition) is 4. The number of ether oxygens (including phenoxy) is 2. The Morgan fingerprint density at radius 3 is 2.55 bits per heavy atom. The van der Waals surface area contributed by atoms with Crippen LogP contribution in [0, 0.1) is 5.82 Å². The molecule has 1 fully saturated rings. The summed E-state index contributed by atoms with van der Waals surface area (Å²) in [4.78, 5) is 26.6. The molecule has 0 aliphatic carbocycles. The van der Waals surface area contributed by atoms with Crippen molar-refractivity contribution in [2.75, 3.05) is 31.6 Å². The van der Waals surface area contributed by atoms with Crippen LogP contribution in [0.3, 0.4) is 0 Å². The summed E-state index contributed by atoms with van der Waals surface area (Å²) in [7, 11) is 0. The second-order valence-electron chi connectivity index (χ2n) is 6.79. The maximum absolute atomic E-state index is 13.3. The molecule has 1 saturated heterocycles. The summed E-state index contributed by atoms with van der Waals surface area (Å²) in [6, 6.07) is 10.4. The van der Waals surface area contributed by atoms with Gasteiger partial charge in [0.15, 0.2) is 18.1 Å². The van der Waals surface area contributed by atoms with Crippen molar-refractivity contribution in [3.63, 3.8) is 0 Å². The highest BCUT2D eigenvalue weighted by molar-refractivity contribution is 6.04. The van der Waals surface area contributed by atoms with Crippen LogP contribution >= 0.6 is 0 Å². The van der Waals surface area contributed by atoms with Gasteiger partial charge in [-0.1, -0.05) is 6.07 Å². The first-order valence-corrected chi connectivity index (χ1v) is 9.81. The highest BCUT2D eigenvalue weighted by Crippen LogP contribution is 2.29. The normalized spacial score (nSPS) is 13.7. The molecule has 0 bridgehead atoms. The second kappa shape index (κ2) is 9.91. The molecule has 0 spiro atoms. The van der Waals surface area contributed by atoms with Crippen LogP contribution in [0.5, 0.6) is 11.5 Å². The fourth-order valence-corrected chi connectivity index (χ4v) is 3.18. The number of piperidine rings is 1. The maximum Gasteiger partial charge on any atom is 0.260 e. The first-order chi connectivity index (χ1) is 14.1. The number of likely N-dealkylation sites (tertiary alicyclic amines) is 1. The standard InChI is InChI=1S/C22H25FN2O4/c1-2-28-20-13-16(22(27)24-18-8-6-7-17(23)14-18)9-10-19(20)29-15-21(26)25-11-4-3-5-12-25/h6-10,13-14H,2-5,11-12,15H2,1H3,(H,24,27). The van der Waals surface area contributed by atoms with E-state index >= 15 is 0 Å². The van der Waals surface area contributed by atoms with Gasteiger partial charge in [0.25, 0.3) is 11.8 Å². The number of benzene rings is 2. The van der Waals surface area contributed by atoms with Crippen molar-refractivity contribution in [2.24, 2.45) is 0 Å². The van der Waals surface area contributed by atoms with Crippen LogP contribution in [0.1, 0.15) is 36.5 Å². The molecule has 29 heavy (non-hydrogen) atoms. The van der Waals surface area contributed by atoms with Crippen molar-refractivity contribution in [1.29, 1.82) is 0 Å². The number of hydrogen-bond donors (Lipinski definition) is 1. The van der Waals surface area contributed by atoms with Gasteiger partial charge in [0, 0.05) is 24.3 Å². The van der Waals surface area contributed by atoms with Gasteiger partial charge in [-0.15, -0.1) is 0 Å². The molecule has 0 atom stereocenters. The summed E-state index contributed by atoms with van der Waals surface area (Å²) in [5, 5.41) is 2.64. The molecule has 0 aromatic heterocycles. The second-order valence-corrected chi connectivity index (χ2v) is 6.79. The number of anilines is 1. The van der Waals surface area contributed by atoms with E-state index < -0.39 is 11.7 Å². The predicted octanol–water partition coefficient (Wildman–Crippen LogP) is 3.87. The van der Waals surface area contributed by atoms with E-state index in [2.05, 4.69) is 5.32 Å². The van der Waals surface area contributed by atoms with E-state index in [1.807, 2.05) is 11.8 Å². The average Bonchev–Trinajstić information content (AvgIpc) is 2.73. The fourth-order valence-electron chi connectivity index (χ4n) is 3.18. The molecule has 7 heteroatoms. The smallest absolute Gasteiger partial charge is 0.260 e. The molecule has 1 heterocycles. The number of nitrogens with one attached hydrogen (secondary N) is 1. The zero-order valence-electron chi connectivity index (χ0n) is 16.4. The quantitative estimate of drug-likeness (QED) is 0.766. The summed E-state index contributed by atoms with van der Waals surface area (Å²) in [5.74, 6) is -0.0992. The highest BCUT2D eigenvalue weighted by Gasteiger charge is 2.18. The van der Waals surface area contributed by atoms with Gasteiger partial charge in [0.2, 0.25) is 0 Å². The molecule has 6 nitrogen and oxygen atoms in total. The van der Waals surface area contributed by atoms with Gasteiger partial charge >= 0.3 is 0 Å². The Morgan fingerprint density at radius 1 is 1.03 bits per heavy atom. The number of rotatable bonds is 7. The SMILES string of the molecule is CCOc1cc(C(=O)Nc2cccc(F)c2)ccc1OCC(=O)N1CCCCC1. The third-order valence-electron chi connectivity index (χ3n) is 4.65. The zero-order chi connectivity index (χ0) is 20.6. The first kappa shape index (κ1) is 20.6. The largest absolute Gasteiger partial charge is 0.490 e. The summed E-state index contributed by atoms with van der Waals surface area (Å²) in [6.45, 7) is 3.65. The van der Waals surface area contributed by atoms with Crippen molar-refractivity contribution < 1.29 is 23.5 Å². The number of nitrogens with zero attached hydrogens (tertiary/aromatic N) is 1. The molecule has 1 aliphatic rings. The summed E-state index contributed by atoms with van der Waals surface area (Å²) in [6.07, 6.45) is 3.19. The van der Waals surface area contributed by atoms with Crippen molar-refractivity contribution in [3.05, 3.63) is 53.8 Å². The molecule has 0 unspecified atom stereocenters. The summed E-state index contributed by atoms with van der Waals surface area (Å²) >= 11 is 0. The average molecular weight is 400 g/mol. The Balaban J connectivity index is 1.67. The third kappa shape index (κ3) is 5.70. The molecule has 3 rings (SSSR count). The van der Waals surface area contributed by atoms with Gasteiger partial charge in [-0.2, -0.15) is 0 Å². The van der Waals surface area contributed by atoms with Crippen LogP contribution in [-0.2, 0) is 4.79 Å². The van der Waals surface area contributed by atoms with Crippen molar-refractivity contribution in [2.45, 2.75) is 26.2 Å². The van der Waals surface area contributed by atoms with Crippen LogP contribution in [0.15, 0.2) is 42.5 Å². The maximum atomic E-state index is 13.3. The van der Waals surface area contributed by atoms with Crippen molar-refractivity contribution >= 4 is 17.5 Å². The predicted molar refractivity (Wildman–Crippen MR) is 108 cm³/mol. The van der Waals surface area contributed by atoms with Crippen molar-refractivity contribution in [3.8, 4) is 11.5 Å². The lowest BCUT2D eigenvalue weighted by Gasteiger charge is -2.26. The number of halogens is 1. The molecule has 2 aromatic carbocycles. The number of carbonyl (C=O) groups excluding carboxylic acids is 2. The molecular formula is C22H25FN2O4. The Bertz CT molecular complexity index is 866. The monoisotopic (exact) mass is 400 g/mol. The highest BCUT2D eigenvalue weighted by atomic mass is 19.1. The molecule has 0 saturated carbocycles. The Labute approximate surface area is 169 Å². The number of amides is 2. The summed E-state index contributed by atoms with van der Waals surface area (Å²) < 4.78 is 24.6. The molecule has 1 N–H and O–H groups in total. The topological polar surface area (TPSA) is 67.9 Å². The fraction of sp³-hybridized carbons (Fsp3) is 0.364. The molecular weight excluding hydrogens is 375 g/mol. The Hall–Kier alpha value is -3.09. The van der Waals surface area contributed by atoms with E-state index in [9.17, 15) is 14.0 Å². The van der Waals surface area contributed by atoms with E-state index in [1.165, 1.54) is 18.2 Å². The van der Waals surface area contributed by atoms with Crippen LogP contribution in [-0.4, -0.2) is 43.0 Å². The molecule has 2 amide bonds. The van der Waals surface area contributed by atoms with Crippen molar-refractivity contribution in [1.82, 2.24) is 4.90 Å². The lowest BCUT2D eigenvalue weighted by Crippen LogP contribution is -2.38. The summed E-state index contributed by atoms with van der Waals surface area (Å²) in [5.41, 5.74) is 0.702. The van der Waals surface area contributed by atoms with Gasteiger partial charge in [0.1, 0.15) is 5.82 Å². The van der Waals surface area contributed by atoms with Crippen LogP contribution < -0.4 is 14.8 Å². The van der Waals surface area contributed by atoms with Gasteiger partial charge in [-0.25, -0.2) is 4.39 Å². The van der Waals surface area contributed by atoms with Crippen LogP contribution in [0.4, 0.5) is 10.1 Å². The molecule has 1 aliphatic heterocycles. The van der Waals surface area contributed by atoms with Gasteiger partial charge in [-0.05, 0) is 62.6 Å². The molecule has 2 aromatic rings. The van der Waals surface area contributed by atoms with Crippen LogP contribution in [0.25, 0.3) is 0 Å². The minimum absolute atomic E-state index is 0.0555.